The summed E-state index contributed by atoms with van der Waals surface area (Å²) in [6, 6.07) is 0.420. The van der Waals surface area contributed by atoms with E-state index in [2.05, 4.69) is 25.7 Å². The van der Waals surface area contributed by atoms with Crippen molar-refractivity contribution in [2.75, 3.05) is 19.6 Å². The summed E-state index contributed by atoms with van der Waals surface area (Å²) in [4.78, 5) is 2.63. The molecule has 0 aromatic carbocycles. The van der Waals surface area contributed by atoms with Crippen molar-refractivity contribution in [3.05, 3.63) is 0 Å². The van der Waals surface area contributed by atoms with Crippen LogP contribution in [0.3, 0.4) is 0 Å². The maximum absolute atomic E-state index is 6.07. The van der Waals surface area contributed by atoms with Crippen molar-refractivity contribution in [2.45, 2.75) is 65.3 Å². The predicted molar refractivity (Wildman–Crippen MR) is 71.6 cm³/mol. The van der Waals surface area contributed by atoms with Crippen LogP contribution in [0.5, 0.6) is 0 Å². The summed E-state index contributed by atoms with van der Waals surface area (Å²) >= 11 is 0. The molecule has 16 heavy (non-hydrogen) atoms. The first kappa shape index (κ1) is 14.0. The molecule has 1 saturated heterocycles. The van der Waals surface area contributed by atoms with Gasteiger partial charge in [0.2, 0.25) is 0 Å². The molecule has 2 nitrogen and oxygen atoms in total. The van der Waals surface area contributed by atoms with E-state index in [1.807, 2.05) is 0 Å². The van der Waals surface area contributed by atoms with Crippen LogP contribution in [0.4, 0.5) is 0 Å². The van der Waals surface area contributed by atoms with E-state index >= 15 is 0 Å². The normalized spacial score (nSPS) is 22.5. The lowest BCUT2D eigenvalue weighted by Crippen LogP contribution is -2.31. The molecule has 0 spiro atoms. The number of nitrogens with zero attached hydrogens (tertiary/aromatic N) is 1. The van der Waals surface area contributed by atoms with E-state index in [1.165, 1.54) is 58.2 Å². The summed E-state index contributed by atoms with van der Waals surface area (Å²) in [7, 11) is 0. The third-order valence-electron chi connectivity index (χ3n) is 4.49. The average Bonchev–Trinajstić information content (AvgIpc) is 2.71. The molecular weight excluding hydrogens is 196 g/mol. The van der Waals surface area contributed by atoms with Crippen LogP contribution >= 0.6 is 0 Å². The minimum Gasteiger partial charge on any atom is -0.328 e. The first-order valence-corrected chi connectivity index (χ1v) is 7.13. The van der Waals surface area contributed by atoms with Gasteiger partial charge >= 0.3 is 0 Å². The highest BCUT2D eigenvalue weighted by molar-refractivity contribution is 4.88. The van der Waals surface area contributed by atoms with Crippen LogP contribution in [0.2, 0.25) is 0 Å². The van der Waals surface area contributed by atoms with Crippen LogP contribution in [0.15, 0.2) is 0 Å². The van der Waals surface area contributed by atoms with Gasteiger partial charge in [-0.25, -0.2) is 0 Å². The Kier molecular flexibility index (Phi) is 5.77. The number of hydrogen-bond donors (Lipinski definition) is 1. The van der Waals surface area contributed by atoms with Gasteiger partial charge in [-0.1, -0.05) is 27.2 Å². The maximum Gasteiger partial charge on any atom is 0.00509 e. The third-order valence-corrected chi connectivity index (χ3v) is 4.49. The van der Waals surface area contributed by atoms with Gasteiger partial charge in [-0.2, -0.15) is 0 Å². The van der Waals surface area contributed by atoms with E-state index in [-0.39, 0.29) is 0 Å². The molecule has 0 amide bonds. The van der Waals surface area contributed by atoms with E-state index in [0.29, 0.717) is 11.5 Å². The van der Waals surface area contributed by atoms with E-state index in [4.69, 9.17) is 5.73 Å². The summed E-state index contributed by atoms with van der Waals surface area (Å²) in [6.45, 7) is 10.7. The minimum atomic E-state index is 0.420. The molecule has 96 valence electrons. The van der Waals surface area contributed by atoms with Gasteiger partial charge in [0.05, 0.1) is 0 Å². The lowest BCUT2D eigenvalue weighted by molar-refractivity contribution is 0.235. The number of nitrogens with two attached hydrogens (primary N) is 1. The maximum atomic E-state index is 6.07. The number of likely N-dealkylation sites (tertiary alicyclic amines) is 1. The molecule has 1 fully saturated rings. The van der Waals surface area contributed by atoms with E-state index in [0.717, 1.165) is 0 Å². The van der Waals surface area contributed by atoms with Gasteiger partial charge in [-0.3, -0.25) is 0 Å². The van der Waals surface area contributed by atoms with Gasteiger partial charge in [0.15, 0.2) is 0 Å². The highest BCUT2D eigenvalue weighted by Gasteiger charge is 2.34. The van der Waals surface area contributed by atoms with Crippen molar-refractivity contribution < 1.29 is 0 Å². The van der Waals surface area contributed by atoms with Crippen molar-refractivity contribution in [2.24, 2.45) is 11.1 Å². The fourth-order valence-electron chi connectivity index (χ4n) is 2.91. The second-order valence-corrected chi connectivity index (χ2v) is 5.57. The zero-order valence-electron chi connectivity index (χ0n) is 11.5. The molecule has 1 aliphatic rings. The fourth-order valence-corrected chi connectivity index (χ4v) is 2.91. The summed E-state index contributed by atoms with van der Waals surface area (Å²) in [6.07, 6.45) is 7.64. The summed E-state index contributed by atoms with van der Waals surface area (Å²) in [5.41, 5.74) is 6.69. The lowest BCUT2D eigenvalue weighted by Gasteiger charge is -2.27. The highest BCUT2D eigenvalue weighted by atomic mass is 15.2. The van der Waals surface area contributed by atoms with Crippen LogP contribution in [-0.2, 0) is 0 Å². The Morgan fingerprint density at radius 3 is 2.38 bits per heavy atom. The van der Waals surface area contributed by atoms with Crippen molar-refractivity contribution in [1.29, 1.82) is 0 Å². The Bertz CT molecular complexity index is 187. The summed E-state index contributed by atoms with van der Waals surface area (Å²) in [5, 5.41) is 0. The fraction of sp³-hybridized carbons (Fsp3) is 1.00. The van der Waals surface area contributed by atoms with Crippen LogP contribution in [0, 0.1) is 5.41 Å². The third kappa shape index (κ3) is 3.74. The minimum absolute atomic E-state index is 0.420. The van der Waals surface area contributed by atoms with Gasteiger partial charge in [0.1, 0.15) is 0 Å². The molecule has 0 bridgehead atoms. The predicted octanol–water partition coefficient (Wildman–Crippen LogP) is 3.02. The molecule has 0 saturated carbocycles. The zero-order valence-corrected chi connectivity index (χ0v) is 11.5. The molecule has 1 unspecified atom stereocenters. The van der Waals surface area contributed by atoms with Crippen molar-refractivity contribution in [3.63, 3.8) is 0 Å². The van der Waals surface area contributed by atoms with E-state index in [9.17, 15) is 0 Å². The van der Waals surface area contributed by atoms with Gasteiger partial charge in [0, 0.05) is 12.6 Å². The standard InChI is InChI=1S/C14H30N2/c1-4-7-13(15)8-10-16-11-9-14(5-2,6-3)12-16/h13H,4-12,15H2,1-3H3. The highest BCUT2D eigenvalue weighted by Crippen LogP contribution is 2.36. The SMILES string of the molecule is CCCC(N)CCN1CCC(CC)(CC)C1. The van der Waals surface area contributed by atoms with Gasteiger partial charge in [0.25, 0.3) is 0 Å². The molecule has 2 heteroatoms. The van der Waals surface area contributed by atoms with Crippen LogP contribution in [0.1, 0.15) is 59.3 Å². The molecule has 0 aromatic heterocycles. The van der Waals surface area contributed by atoms with Crippen LogP contribution in [0.25, 0.3) is 0 Å². The van der Waals surface area contributed by atoms with Gasteiger partial charge in [-0.15, -0.1) is 0 Å². The second kappa shape index (κ2) is 6.61. The van der Waals surface area contributed by atoms with Crippen molar-refractivity contribution >= 4 is 0 Å². The quantitative estimate of drug-likeness (QED) is 0.723. The summed E-state index contributed by atoms with van der Waals surface area (Å²) in [5.74, 6) is 0. The smallest absolute Gasteiger partial charge is 0.00509 e. The Morgan fingerprint density at radius 1 is 1.19 bits per heavy atom. The Labute approximate surface area is 102 Å². The molecule has 1 aliphatic heterocycles. The first-order chi connectivity index (χ1) is 7.65. The largest absolute Gasteiger partial charge is 0.328 e. The molecule has 0 aromatic rings. The Hall–Kier alpha value is -0.0800. The zero-order chi connectivity index (χ0) is 12.0. The first-order valence-electron chi connectivity index (χ1n) is 7.13. The van der Waals surface area contributed by atoms with Crippen LogP contribution < -0.4 is 5.73 Å². The molecule has 0 radical (unpaired) electrons. The van der Waals surface area contributed by atoms with Crippen molar-refractivity contribution in [3.8, 4) is 0 Å². The Morgan fingerprint density at radius 2 is 1.88 bits per heavy atom. The molecule has 2 N–H and O–H groups in total. The van der Waals surface area contributed by atoms with Crippen LogP contribution in [-0.4, -0.2) is 30.6 Å². The molecular formula is C14H30N2. The molecule has 1 heterocycles. The lowest BCUT2D eigenvalue weighted by atomic mass is 9.82. The average molecular weight is 226 g/mol. The summed E-state index contributed by atoms with van der Waals surface area (Å²) < 4.78 is 0. The topological polar surface area (TPSA) is 29.3 Å². The molecule has 1 atom stereocenters. The molecule has 1 rings (SSSR count). The van der Waals surface area contributed by atoms with Gasteiger partial charge in [-0.05, 0) is 50.6 Å². The van der Waals surface area contributed by atoms with Gasteiger partial charge < -0.3 is 10.6 Å². The second-order valence-electron chi connectivity index (χ2n) is 5.57. The number of rotatable bonds is 7. The Balaban J connectivity index is 2.26. The van der Waals surface area contributed by atoms with Crippen molar-refractivity contribution in [1.82, 2.24) is 4.90 Å². The van der Waals surface area contributed by atoms with E-state index in [1.54, 1.807) is 0 Å². The van der Waals surface area contributed by atoms with E-state index < -0.39 is 0 Å². The number of hydrogen-bond acceptors (Lipinski definition) is 2. The monoisotopic (exact) mass is 226 g/mol. The molecule has 0 aliphatic carbocycles.